The second kappa shape index (κ2) is 8.96. The van der Waals surface area contributed by atoms with E-state index in [9.17, 15) is 19.0 Å². The van der Waals surface area contributed by atoms with Crippen LogP contribution in [0.2, 0.25) is 0 Å². The molecule has 5 atom stereocenters. The number of methoxy groups -OCH3 is 2. The van der Waals surface area contributed by atoms with Crippen LogP contribution in [0.25, 0.3) is 0 Å². The summed E-state index contributed by atoms with van der Waals surface area (Å²) in [5, 5.41) is 19.9. The van der Waals surface area contributed by atoms with E-state index < -0.39 is 43.0 Å². The van der Waals surface area contributed by atoms with Gasteiger partial charge in [-0.3, -0.25) is 0 Å². The van der Waals surface area contributed by atoms with Crippen molar-refractivity contribution >= 4 is 0 Å². The van der Waals surface area contributed by atoms with Gasteiger partial charge in [-0.25, -0.2) is 8.78 Å². The highest BCUT2D eigenvalue weighted by molar-refractivity contribution is 5.35. The van der Waals surface area contributed by atoms with Crippen LogP contribution in [-0.4, -0.2) is 55.5 Å². The Hall–Kier alpha value is -2.06. The third-order valence-electron chi connectivity index (χ3n) is 5.04. The molecule has 0 aliphatic carbocycles. The Morgan fingerprint density at radius 1 is 1.11 bits per heavy atom. The second-order valence-corrected chi connectivity index (χ2v) is 6.79. The third-order valence-corrected chi connectivity index (χ3v) is 5.04. The fourth-order valence-electron chi connectivity index (χ4n) is 3.48. The highest BCUT2D eigenvalue weighted by Crippen LogP contribution is 2.35. The molecule has 0 amide bonds. The fraction of sp³-hybridized carbons (Fsp3) is 0.429. The van der Waals surface area contributed by atoms with Crippen LogP contribution in [0.3, 0.4) is 0 Å². The number of benzene rings is 2. The molecule has 0 aromatic heterocycles. The Labute approximate surface area is 162 Å². The molecule has 1 fully saturated rings. The summed E-state index contributed by atoms with van der Waals surface area (Å²) < 4.78 is 44.4. The summed E-state index contributed by atoms with van der Waals surface area (Å²) in [6.45, 7) is -0.551. The Morgan fingerprint density at radius 3 is 2.43 bits per heavy atom. The number of hydrogen-bond acceptors (Lipinski definition) is 5. The Kier molecular flexibility index (Phi) is 6.61. The molecule has 0 spiro atoms. The smallest absolute Gasteiger partial charge is 0.157 e. The van der Waals surface area contributed by atoms with E-state index in [2.05, 4.69) is 0 Å². The molecule has 1 aliphatic heterocycles. The molecule has 1 aliphatic rings. The van der Waals surface area contributed by atoms with Crippen LogP contribution in [0.15, 0.2) is 42.5 Å². The van der Waals surface area contributed by atoms with E-state index in [0.29, 0.717) is 23.3 Å². The van der Waals surface area contributed by atoms with Crippen molar-refractivity contribution in [1.29, 1.82) is 0 Å². The van der Waals surface area contributed by atoms with Gasteiger partial charge in [0.15, 0.2) is 6.17 Å². The van der Waals surface area contributed by atoms with E-state index in [4.69, 9.17) is 14.2 Å². The van der Waals surface area contributed by atoms with Gasteiger partial charge in [0.2, 0.25) is 0 Å². The first-order valence-corrected chi connectivity index (χ1v) is 9.01. The summed E-state index contributed by atoms with van der Waals surface area (Å²) in [7, 11) is 2.86. The molecule has 2 N–H and O–H groups in total. The van der Waals surface area contributed by atoms with E-state index in [-0.39, 0.29) is 0 Å². The highest BCUT2D eigenvalue weighted by atomic mass is 19.1. The van der Waals surface area contributed by atoms with Gasteiger partial charge in [-0.05, 0) is 41.0 Å². The topological polar surface area (TPSA) is 68.2 Å². The maximum Gasteiger partial charge on any atom is 0.157 e. The molecular formula is C21H24F2O5. The molecule has 1 saturated heterocycles. The Morgan fingerprint density at radius 2 is 1.82 bits per heavy atom. The molecule has 0 radical (unpaired) electrons. The van der Waals surface area contributed by atoms with Gasteiger partial charge in [0.25, 0.3) is 0 Å². The number of hydrogen-bond donors (Lipinski definition) is 2. The van der Waals surface area contributed by atoms with Crippen molar-refractivity contribution < 1.29 is 33.2 Å². The molecule has 0 saturated carbocycles. The average Bonchev–Trinajstić information content (AvgIpc) is 2.71. The number of rotatable bonds is 6. The largest absolute Gasteiger partial charge is 0.497 e. The van der Waals surface area contributed by atoms with Gasteiger partial charge < -0.3 is 24.4 Å². The molecule has 1 heterocycles. The summed E-state index contributed by atoms with van der Waals surface area (Å²) in [6.07, 6.45) is -5.85. The number of aliphatic hydroxyl groups is 2. The van der Waals surface area contributed by atoms with Crippen molar-refractivity contribution in [3.63, 3.8) is 0 Å². The highest BCUT2D eigenvalue weighted by Gasteiger charge is 2.46. The van der Waals surface area contributed by atoms with Crippen molar-refractivity contribution in [2.24, 2.45) is 0 Å². The van der Waals surface area contributed by atoms with Crippen LogP contribution in [0.1, 0.15) is 22.8 Å². The fourth-order valence-corrected chi connectivity index (χ4v) is 3.48. The zero-order valence-corrected chi connectivity index (χ0v) is 15.7. The van der Waals surface area contributed by atoms with Crippen LogP contribution in [0.5, 0.6) is 5.75 Å². The van der Waals surface area contributed by atoms with Crippen LogP contribution in [0, 0.1) is 5.82 Å². The lowest BCUT2D eigenvalue weighted by Crippen LogP contribution is -2.54. The van der Waals surface area contributed by atoms with Gasteiger partial charge in [-0.2, -0.15) is 0 Å². The average molecular weight is 394 g/mol. The molecule has 2 aromatic rings. The molecule has 2 aromatic carbocycles. The lowest BCUT2D eigenvalue weighted by molar-refractivity contribution is -0.221. The molecule has 5 nitrogen and oxygen atoms in total. The predicted molar refractivity (Wildman–Crippen MR) is 98.6 cm³/mol. The van der Waals surface area contributed by atoms with Crippen LogP contribution in [-0.2, 0) is 15.9 Å². The number of aliphatic hydroxyl groups excluding tert-OH is 2. The quantitative estimate of drug-likeness (QED) is 0.788. The Balaban J connectivity index is 1.86. The molecule has 0 bridgehead atoms. The first-order chi connectivity index (χ1) is 13.5. The van der Waals surface area contributed by atoms with Crippen LogP contribution < -0.4 is 4.74 Å². The maximum absolute atomic E-state index is 14.4. The number of alkyl halides is 1. The van der Waals surface area contributed by atoms with E-state index in [1.54, 1.807) is 25.3 Å². The molecule has 28 heavy (non-hydrogen) atoms. The summed E-state index contributed by atoms with van der Waals surface area (Å²) in [6, 6.07) is 11.6. The SMILES string of the molecule is COc1ccc(Cc2cc(C3OC(CO)C(F)C(OC)C3O)ccc2F)cc1. The molecule has 7 heteroatoms. The minimum Gasteiger partial charge on any atom is -0.497 e. The first-order valence-electron chi connectivity index (χ1n) is 9.01. The monoisotopic (exact) mass is 394 g/mol. The van der Waals surface area contributed by atoms with Crippen LogP contribution >= 0.6 is 0 Å². The second-order valence-electron chi connectivity index (χ2n) is 6.79. The summed E-state index contributed by atoms with van der Waals surface area (Å²) >= 11 is 0. The van der Waals surface area contributed by atoms with Crippen molar-refractivity contribution in [1.82, 2.24) is 0 Å². The summed E-state index contributed by atoms with van der Waals surface area (Å²) in [5.74, 6) is 0.313. The van der Waals surface area contributed by atoms with Gasteiger partial charge >= 0.3 is 0 Å². The third kappa shape index (κ3) is 4.17. The van der Waals surface area contributed by atoms with Gasteiger partial charge in [0.05, 0.1) is 13.7 Å². The van der Waals surface area contributed by atoms with E-state index in [1.807, 2.05) is 12.1 Å². The lowest BCUT2D eigenvalue weighted by Gasteiger charge is -2.40. The maximum atomic E-state index is 14.4. The molecular weight excluding hydrogens is 370 g/mol. The standard InChI is InChI=1S/C21H24F2O5/c1-26-15-6-3-12(4-7-15)9-14-10-13(5-8-16(14)22)20-19(25)21(27-2)18(23)17(11-24)28-20/h3-8,10,17-21,24-25H,9,11H2,1-2H3. The van der Waals surface area contributed by atoms with E-state index in [0.717, 1.165) is 5.56 Å². The molecule has 5 unspecified atom stereocenters. The lowest BCUT2D eigenvalue weighted by atomic mass is 9.90. The minimum absolute atomic E-state index is 0.329. The number of halogens is 2. The van der Waals surface area contributed by atoms with Crippen molar-refractivity contribution in [3.05, 3.63) is 65.0 Å². The predicted octanol–water partition coefficient (Wildman–Crippen LogP) is 2.57. The summed E-state index contributed by atoms with van der Waals surface area (Å²) in [5.41, 5.74) is 1.79. The van der Waals surface area contributed by atoms with Gasteiger partial charge in [-0.1, -0.05) is 18.2 Å². The van der Waals surface area contributed by atoms with Gasteiger partial charge in [-0.15, -0.1) is 0 Å². The Bertz CT molecular complexity index is 783. The van der Waals surface area contributed by atoms with Crippen molar-refractivity contribution in [2.45, 2.75) is 37.0 Å². The van der Waals surface area contributed by atoms with Gasteiger partial charge in [0.1, 0.15) is 36.0 Å². The van der Waals surface area contributed by atoms with Crippen LogP contribution in [0.4, 0.5) is 8.78 Å². The minimum atomic E-state index is -1.67. The van der Waals surface area contributed by atoms with Crippen molar-refractivity contribution in [2.75, 3.05) is 20.8 Å². The molecule has 152 valence electrons. The summed E-state index contributed by atoms with van der Waals surface area (Å²) in [4.78, 5) is 0. The van der Waals surface area contributed by atoms with Crippen molar-refractivity contribution in [3.8, 4) is 5.75 Å². The first kappa shape index (κ1) is 20.7. The van der Waals surface area contributed by atoms with E-state index in [1.165, 1.54) is 19.2 Å². The normalized spacial score (nSPS) is 27.6. The van der Waals surface area contributed by atoms with Gasteiger partial charge in [0, 0.05) is 13.5 Å². The zero-order valence-electron chi connectivity index (χ0n) is 15.7. The molecule has 3 rings (SSSR count). The zero-order chi connectivity index (χ0) is 20.3. The number of ether oxygens (including phenoxy) is 3. The van der Waals surface area contributed by atoms with E-state index >= 15 is 0 Å².